The molecule has 3 nitrogen and oxygen atoms in total. The summed E-state index contributed by atoms with van der Waals surface area (Å²) in [6, 6.07) is 5.29. The Morgan fingerprint density at radius 1 is 1.33 bits per heavy atom. The summed E-state index contributed by atoms with van der Waals surface area (Å²) >= 11 is 0. The van der Waals surface area contributed by atoms with Crippen LogP contribution >= 0.6 is 0 Å². The van der Waals surface area contributed by atoms with Crippen LogP contribution in [0.1, 0.15) is 18.4 Å². The average molecular weight is 251 g/mol. The molecule has 1 heterocycles. The van der Waals surface area contributed by atoms with E-state index in [9.17, 15) is 4.39 Å². The molecule has 1 fully saturated rings. The lowest BCUT2D eigenvalue weighted by molar-refractivity contribution is 0.346. The van der Waals surface area contributed by atoms with Gasteiger partial charge in [0.05, 0.1) is 0 Å². The highest BCUT2D eigenvalue weighted by Crippen LogP contribution is 2.17. The number of likely N-dealkylation sites (tertiary alicyclic amines) is 1. The quantitative estimate of drug-likeness (QED) is 0.866. The first-order valence-electron chi connectivity index (χ1n) is 6.62. The molecule has 100 valence electrons. The monoisotopic (exact) mass is 251 g/mol. The largest absolute Gasteiger partial charge is 0.373 e. The van der Waals surface area contributed by atoms with E-state index in [1.165, 1.54) is 25.9 Å². The molecule has 0 atom stereocenters. The number of anilines is 1. The minimum Gasteiger partial charge on any atom is -0.373 e. The maximum atomic E-state index is 13.6. The minimum atomic E-state index is -0.206. The van der Waals surface area contributed by atoms with Crippen LogP contribution in [-0.2, 0) is 6.54 Å². The Balaban J connectivity index is 1.91. The van der Waals surface area contributed by atoms with Crippen molar-refractivity contribution in [3.8, 4) is 0 Å². The summed E-state index contributed by atoms with van der Waals surface area (Å²) in [6.45, 7) is 4.64. The number of benzene rings is 1. The summed E-state index contributed by atoms with van der Waals surface area (Å²) in [6.07, 6.45) is 2.62. The molecule has 0 saturated carbocycles. The smallest absolute Gasteiger partial charge is 0.129 e. The van der Waals surface area contributed by atoms with Crippen LogP contribution < -0.4 is 10.6 Å². The predicted molar refractivity (Wildman–Crippen MR) is 73.2 cm³/mol. The van der Waals surface area contributed by atoms with E-state index in [0.717, 1.165) is 18.8 Å². The SMILES string of the molecule is CN(CCN1CCCC1)c1ccc(CN)c(F)c1. The average Bonchev–Trinajstić information content (AvgIpc) is 2.89. The van der Waals surface area contributed by atoms with E-state index in [4.69, 9.17) is 5.73 Å². The van der Waals surface area contributed by atoms with Crippen LogP contribution in [0.5, 0.6) is 0 Å². The molecular weight excluding hydrogens is 229 g/mol. The number of nitrogens with two attached hydrogens (primary N) is 1. The van der Waals surface area contributed by atoms with E-state index in [-0.39, 0.29) is 12.4 Å². The summed E-state index contributed by atoms with van der Waals surface area (Å²) in [5.41, 5.74) is 6.95. The van der Waals surface area contributed by atoms with Gasteiger partial charge in [-0.15, -0.1) is 0 Å². The Morgan fingerprint density at radius 2 is 2.06 bits per heavy atom. The Bertz CT molecular complexity index is 389. The molecule has 1 aliphatic heterocycles. The Morgan fingerprint density at radius 3 is 2.67 bits per heavy atom. The van der Waals surface area contributed by atoms with Crippen LogP contribution in [0.3, 0.4) is 0 Å². The summed E-state index contributed by atoms with van der Waals surface area (Å²) < 4.78 is 13.6. The van der Waals surface area contributed by atoms with Crippen LogP contribution in [0.15, 0.2) is 18.2 Å². The van der Waals surface area contributed by atoms with Gasteiger partial charge in [-0.2, -0.15) is 0 Å². The molecular formula is C14H22FN3. The Hall–Kier alpha value is -1.13. The highest BCUT2D eigenvalue weighted by Gasteiger charge is 2.12. The van der Waals surface area contributed by atoms with Gasteiger partial charge in [0.2, 0.25) is 0 Å². The highest BCUT2D eigenvalue weighted by atomic mass is 19.1. The highest BCUT2D eigenvalue weighted by molar-refractivity contribution is 5.47. The van der Waals surface area contributed by atoms with Crippen LogP contribution in [0.2, 0.25) is 0 Å². The topological polar surface area (TPSA) is 32.5 Å². The molecule has 0 bridgehead atoms. The van der Waals surface area contributed by atoms with E-state index < -0.39 is 0 Å². The molecule has 1 saturated heterocycles. The van der Waals surface area contributed by atoms with E-state index in [1.807, 2.05) is 13.1 Å². The zero-order valence-electron chi connectivity index (χ0n) is 11.0. The van der Waals surface area contributed by atoms with E-state index >= 15 is 0 Å². The van der Waals surface area contributed by atoms with Crippen molar-refractivity contribution < 1.29 is 4.39 Å². The summed E-state index contributed by atoms with van der Waals surface area (Å²) in [5.74, 6) is -0.206. The lowest BCUT2D eigenvalue weighted by atomic mass is 10.2. The van der Waals surface area contributed by atoms with Crippen molar-refractivity contribution in [2.24, 2.45) is 5.73 Å². The third-order valence-electron chi connectivity index (χ3n) is 3.65. The van der Waals surface area contributed by atoms with Crippen molar-refractivity contribution in [1.29, 1.82) is 0 Å². The third kappa shape index (κ3) is 3.21. The second-order valence-corrected chi connectivity index (χ2v) is 4.95. The first-order chi connectivity index (χ1) is 8.70. The van der Waals surface area contributed by atoms with Gasteiger partial charge < -0.3 is 15.5 Å². The summed E-state index contributed by atoms with van der Waals surface area (Å²) in [7, 11) is 2.01. The molecule has 1 aromatic carbocycles. The molecule has 0 aliphatic carbocycles. The minimum absolute atomic E-state index is 0.206. The van der Waals surface area contributed by atoms with Gasteiger partial charge in [0, 0.05) is 37.9 Å². The van der Waals surface area contributed by atoms with Gasteiger partial charge in [-0.3, -0.25) is 0 Å². The van der Waals surface area contributed by atoms with Crippen molar-refractivity contribution in [2.75, 3.05) is 38.1 Å². The Labute approximate surface area is 108 Å². The van der Waals surface area contributed by atoms with Crippen molar-refractivity contribution in [1.82, 2.24) is 4.90 Å². The van der Waals surface area contributed by atoms with Gasteiger partial charge in [0.15, 0.2) is 0 Å². The van der Waals surface area contributed by atoms with Crippen LogP contribution in [0, 0.1) is 5.82 Å². The number of likely N-dealkylation sites (N-methyl/N-ethyl adjacent to an activating group) is 1. The summed E-state index contributed by atoms with van der Waals surface area (Å²) in [4.78, 5) is 4.56. The number of nitrogens with zero attached hydrogens (tertiary/aromatic N) is 2. The predicted octanol–water partition coefficient (Wildman–Crippen LogP) is 1.82. The second-order valence-electron chi connectivity index (χ2n) is 4.95. The van der Waals surface area contributed by atoms with Crippen molar-refractivity contribution in [3.63, 3.8) is 0 Å². The van der Waals surface area contributed by atoms with Gasteiger partial charge >= 0.3 is 0 Å². The fourth-order valence-electron chi connectivity index (χ4n) is 2.37. The number of rotatable bonds is 5. The molecule has 4 heteroatoms. The standard InChI is InChI=1S/C14H22FN3/c1-17(8-9-18-6-2-3-7-18)13-5-4-12(11-16)14(15)10-13/h4-5,10H,2-3,6-9,11,16H2,1H3. The fraction of sp³-hybridized carbons (Fsp3) is 0.571. The maximum Gasteiger partial charge on any atom is 0.129 e. The van der Waals surface area contributed by atoms with E-state index in [1.54, 1.807) is 12.1 Å². The van der Waals surface area contributed by atoms with Gasteiger partial charge in [0.1, 0.15) is 5.82 Å². The van der Waals surface area contributed by atoms with Crippen molar-refractivity contribution >= 4 is 5.69 Å². The number of halogens is 1. The molecule has 2 rings (SSSR count). The van der Waals surface area contributed by atoms with E-state index in [2.05, 4.69) is 9.80 Å². The van der Waals surface area contributed by atoms with Gasteiger partial charge in [0.25, 0.3) is 0 Å². The lowest BCUT2D eigenvalue weighted by Crippen LogP contribution is -2.31. The van der Waals surface area contributed by atoms with Gasteiger partial charge in [-0.25, -0.2) is 4.39 Å². The lowest BCUT2D eigenvalue weighted by Gasteiger charge is -2.23. The molecule has 18 heavy (non-hydrogen) atoms. The van der Waals surface area contributed by atoms with Crippen molar-refractivity contribution in [3.05, 3.63) is 29.6 Å². The maximum absolute atomic E-state index is 13.6. The molecule has 2 N–H and O–H groups in total. The normalized spacial score (nSPS) is 16.2. The van der Waals surface area contributed by atoms with Crippen molar-refractivity contribution in [2.45, 2.75) is 19.4 Å². The molecule has 1 aliphatic rings. The number of hydrogen-bond donors (Lipinski definition) is 1. The Kier molecular flexibility index (Phi) is 4.55. The molecule has 0 spiro atoms. The van der Waals surface area contributed by atoms with Crippen LogP contribution in [-0.4, -0.2) is 38.1 Å². The first kappa shape index (κ1) is 13.3. The van der Waals surface area contributed by atoms with Crippen LogP contribution in [0.25, 0.3) is 0 Å². The zero-order valence-corrected chi connectivity index (χ0v) is 11.0. The third-order valence-corrected chi connectivity index (χ3v) is 3.65. The molecule has 0 amide bonds. The second kappa shape index (κ2) is 6.16. The molecule has 0 unspecified atom stereocenters. The van der Waals surface area contributed by atoms with E-state index in [0.29, 0.717) is 5.56 Å². The fourth-order valence-corrected chi connectivity index (χ4v) is 2.37. The molecule has 0 aromatic heterocycles. The van der Waals surface area contributed by atoms with Crippen LogP contribution in [0.4, 0.5) is 10.1 Å². The first-order valence-corrected chi connectivity index (χ1v) is 6.62. The van der Waals surface area contributed by atoms with Gasteiger partial charge in [-0.1, -0.05) is 6.07 Å². The molecule has 1 aromatic rings. The zero-order chi connectivity index (χ0) is 13.0. The van der Waals surface area contributed by atoms with Gasteiger partial charge in [-0.05, 0) is 38.1 Å². The number of hydrogen-bond acceptors (Lipinski definition) is 3. The molecule has 0 radical (unpaired) electrons. The summed E-state index contributed by atoms with van der Waals surface area (Å²) in [5, 5.41) is 0.